The van der Waals surface area contributed by atoms with Crippen molar-refractivity contribution in [3.8, 4) is 5.75 Å². The molecule has 2 aliphatic rings. The van der Waals surface area contributed by atoms with E-state index in [0.717, 1.165) is 17.0 Å². The number of likely N-dealkylation sites (N-methyl/N-ethyl adjacent to an activating group) is 1. The fraction of sp³-hybridized carbons (Fsp3) is 0.211. The number of nitrogens with zero attached hydrogens (tertiary/aromatic N) is 1. The topological polar surface area (TPSA) is 102 Å². The molecule has 0 saturated carbocycles. The Labute approximate surface area is 157 Å². The van der Waals surface area contributed by atoms with E-state index in [1.807, 2.05) is 31.3 Å². The van der Waals surface area contributed by atoms with Gasteiger partial charge in [-0.25, -0.2) is 13.6 Å². The molecule has 1 unspecified atom stereocenters. The molecule has 27 heavy (non-hydrogen) atoms. The number of ether oxygens (including phenoxy) is 1. The summed E-state index contributed by atoms with van der Waals surface area (Å²) in [7, 11) is -0.244. The van der Waals surface area contributed by atoms with Crippen LogP contribution in [0, 0.1) is 0 Å². The number of nitrogens with one attached hydrogen (secondary N) is 1. The van der Waals surface area contributed by atoms with Crippen LogP contribution in [0.3, 0.4) is 0 Å². The van der Waals surface area contributed by atoms with Gasteiger partial charge in [-0.15, -0.1) is 0 Å². The summed E-state index contributed by atoms with van der Waals surface area (Å²) in [5.74, 6) is 0.473. The quantitative estimate of drug-likeness (QED) is 0.786. The Hall–Kier alpha value is -2.84. The number of nitrogens with two attached hydrogens (primary N) is 1. The van der Waals surface area contributed by atoms with Crippen molar-refractivity contribution in [2.75, 3.05) is 30.9 Å². The maximum Gasteiger partial charge on any atom is 0.256 e. The molecule has 2 aromatic carbocycles. The first-order valence-electron chi connectivity index (χ1n) is 8.37. The Morgan fingerprint density at radius 3 is 2.74 bits per heavy atom. The molecule has 2 heterocycles. The molecular weight excluding hydrogens is 366 g/mol. The molecule has 1 atom stereocenters. The lowest BCUT2D eigenvalue weighted by Crippen LogP contribution is -2.15. The van der Waals surface area contributed by atoms with E-state index in [2.05, 4.69) is 10.2 Å². The third-order valence-corrected chi connectivity index (χ3v) is 5.90. The predicted molar refractivity (Wildman–Crippen MR) is 103 cm³/mol. The normalized spacial score (nSPS) is 19.8. The molecule has 0 bridgehead atoms. The number of benzene rings is 2. The maximum atomic E-state index is 12.5. The van der Waals surface area contributed by atoms with Gasteiger partial charge in [0.1, 0.15) is 5.75 Å². The van der Waals surface area contributed by atoms with Gasteiger partial charge in [0.15, 0.2) is 0 Å². The second kappa shape index (κ2) is 6.11. The maximum absolute atomic E-state index is 12.5. The summed E-state index contributed by atoms with van der Waals surface area (Å²) in [5.41, 5.74) is 3.72. The SMILES string of the molecule is COc1ccc2c(c1)C(/C=C1\C(=O)Nc3ccc(S(N)(=O)=O)cc31)CN2C. The number of primary sulfonamides is 1. The Kier molecular flexibility index (Phi) is 3.97. The highest BCUT2D eigenvalue weighted by Gasteiger charge is 2.31. The summed E-state index contributed by atoms with van der Waals surface area (Å²) in [6.07, 6.45) is 1.88. The van der Waals surface area contributed by atoms with Crippen molar-refractivity contribution in [1.29, 1.82) is 0 Å². The molecule has 2 aromatic rings. The Balaban J connectivity index is 1.80. The second-order valence-corrected chi connectivity index (χ2v) is 8.26. The molecule has 0 saturated heterocycles. The van der Waals surface area contributed by atoms with E-state index in [-0.39, 0.29) is 16.7 Å². The van der Waals surface area contributed by atoms with Crippen LogP contribution in [0.2, 0.25) is 0 Å². The number of rotatable bonds is 3. The molecule has 140 valence electrons. The zero-order valence-electron chi connectivity index (χ0n) is 14.9. The number of fused-ring (bicyclic) bond motifs is 2. The summed E-state index contributed by atoms with van der Waals surface area (Å²) in [6.45, 7) is 0.712. The van der Waals surface area contributed by atoms with Gasteiger partial charge in [0, 0.05) is 42.0 Å². The van der Waals surface area contributed by atoms with Crippen LogP contribution in [0.15, 0.2) is 47.4 Å². The minimum Gasteiger partial charge on any atom is -0.497 e. The molecule has 0 aliphatic carbocycles. The van der Waals surface area contributed by atoms with Gasteiger partial charge in [0.25, 0.3) is 5.91 Å². The number of carbonyl (C=O) groups is 1. The Bertz CT molecular complexity index is 1090. The van der Waals surface area contributed by atoms with Gasteiger partial charge in [-0.05, 0) is 42.0 Å². The number of hydrogen-bond acceptors (Lipinski definition) is 5. The Morgan fingerprint density at radius 2 is 2.04 bits per heavy atom. The van der Waals surface area contributed by atoms with Crippen molar-refractivity contribution in [2.45, 2.75) is 10.8 Å². The average Bonchev–Trinajstić information content (AvgIpc) is 3.10. The third-order valence-electron chi connectivity index (χ3n) is 4.99. The predicted octanol–water partition coefficient (Wildman–Crippen LogP) is 1.91. The highest BCUT2D eigenvalue weighted by molar-refractivity contribution is 7.89. The lowest BCUT2D eigenvalue weighted by atomic mass is 9.96. The lowest BCUT2D eigenvalue weighted by Gasteiger charge is -2.11. The van der Waals surface area contributed by atoms with Crippen LogP contribution in [0.4, 0.5) is 11.4 Å². The number of anilines is 2. The molecular formula is C19H19N3O4S. The van der Waals surface area contributed by atoms with Crippen molar-refractivity contribution in [2.24, 2.45) is 5.14 Å². The molecule has 4 rings (SSSR count). The van der Waals surface area contributed by atoms with E-state index in [0.29, 0.717) is 23.4 Å². The molecule has 7 nitrogen and oxygen atoms in total. The van der Waals surface area contributed by atoms with Crippen LogP contribution in [0.1, 0.15) is 17.0 Å². The first kappa shape index (κ1) is 17.6. The van der Waals surface area contributed by atoms with E-state index in [4.69, 9.17) is 9.88 Å². The van der Waals surface area contributed by atoms with Gasteiger partial charge in [-0.2, -0.15) is 0 Å². The van der Waals surface area contributed by atoms with Gasteiger partial charge in [-0.1, -0.05) is 6.08 Å². The van der Waals surface area contributed by atoms with Crippen LogP contribution in [0.25, 0.3) is 5.57 Å². The summed E-state index contributed by atoms with van der Waals surface area (Å²) in [4.78, 5) is 14.6. The van der Waals surface area contributed by atoms with Gasteiger partial charge >= 0.3 is 0 Å². The van der Waals surface area contributed by atoms with Crippen molar-refractivity contribution >= 4 is 32.9 Å². The Morgan fingerprint density at radius 1 is 1.26 bits per heavy atom. The van der Waals surface area contributed by atoms with Crippen molar-refractivity contribution in [3.05, 3.63) is 53.6 Å². The van der Waals surface area contributed by atoms with Crippen molar-refractivity contribution < 1.29 is 17.9 Å². The minimum absolute atomic E-state index is 0.0192. The van der Waals surface area contributed by atoms with Crippen molar-refractivity contribution in [3.63, 3.8) is 0 Å². The minimum atomic E-state index is -3.85. The fourth-order valence-corrected chi connectivity index (χ4v) is 4.19. The standard InChI is InChI=1S/C19H19N3O4S/c1-22-10-11(14-8-12(26-2)3-6-18(14)22)7-16-15-9-13(27(20,24)25)4-5-17(15)21-19(16)23/h3-9,11H,10H2,1-2H3,(H,21,23)(H2,20,24,25)/b16-7-. The zero-order valence-corrected chi connectivity index (χ0v) is 15.7. The smallest absolute Gasteiger partial charge is 0.256 e. The van der Waals surface area contributed by atoms with E-state index < -0.39 is 10.0 Å². The van der Waals surface area contributed by atoms with Crippen LogP contribution in [0.5, 0.6) is 5.75 Å². The zero-order chi connectivity index (χ0) is 19.3. The summed E-state index contributed by atoms with van der Waals surface area (Å²) in [5, 5.41) is 8.01. The number of amides is 1. The van der Waals surface area contributed by atoms with Gasteiger partial charge in [-0.3, -0.25) is 4.79 Å². The fourth-order valence-electron chi connectivity index (χ4n) is 3.65. The highest BCUT2D eigenvalue weighted by atomic mass is 32.2. The first-order chi connectivity index (χ1) is 12.8. The van der Waals surface area contributed by atoms with Gasteiger partial charge in [0.2, 0.25) is 10.0 Å². The van der Waals surface area contributed by atoms with E-state index in [1.165, 1.54) is 12.1 Å². The highest BCUT2D eigenvalue weighted by Crippen LogP contribution is 2.41. The number of sulfonamides is 1. The van der Waals surface area contributed by atoms with Crippen LogP contribution in [-0.2, 0) is 14.8 Å². The first-order valence-corrected chi connectivity index (χ1v) is 9.92. The van der Waals surface area contributed by atoms with Gasteiger partial charge in [0.05, 0.1) is 12.0 Å². The molecule has 8 heteroatoms. The third kappa shape index (κ3) is 2.96. The summed E-state index contributed by atoms with van der Waals surface area (Å²) >= 11 is 0. The average molecular weight is 385 g/mol. The largest absolute Gasteiger partial charge is 0.497 e. The lowest BCUT2D eigenvalue weighted by molar-refractivity contribution is -0.110. The van der Waals surface area contributed by atoms with Crippen LogP contribution < -0.4 is 20.1 Å². The molecule has 0 spiro atoms. The van der Waals surface area contributed by atoms with Crippen LogP contribution >= 0.6 is 0 Å². The number of methoxy groups -OCH3 is 1. The summed E-state index contributed by atoms with van der Waals surface area (Å²) < 4.78 is 28.7. The molecule has 1 amide bonds. The molecule has 0 radical (unpaired) electrons. The number of hydrogen-bond donors (Lipinski definition) is 2. The molecule has 0 aromatic heterocycles. The number of carbonyl (C=O) groups excluding carboxylic acids is 1. The van der Waals surface area contributed by atoms with E-state index >= 15 is 0 Å². The molecule has 2 aliphatic heterocycles. The summed E-state index contributed by atoms with van der Waals surface area (Å²) in [6, 6.07) is 10.3. The molecule has 0 fully saturated rings. The second-order valence-electron chi connectivity index (χ2n) is 6.70. The van der Waals surface area contributed by atoms with Crippen LogP contribution in [-0.4, -0.2) is 35.0 Å². The van der Waals surface area contributed by atoms with Crippen molar-refractivity contribution in [1.82, 2.24) is 0 Å². The molecule has 3 N–H and O–H groups in total. The van der Waals surface area contributed by atoms with E-state index in [1.54, 1.807) is 13.2 Å². The van der Waals surface area contributed by atoms with Gasteiger partial charge < -0.3 is 15.0 Å². The van der Waals surface area contributed by atoms with E-state index in [9.17, 15) is 13.2 Å². The monoisotopic (exact) mass is 385 g/mol.